The molecule has 0 saturated carbocycles. The number of ether oxygens (including phenoxy) is 2. The van der Waals surface area contributed by atoms with Gasteiger partial charge in [-0.1, -0.05) is 30.3 Å². The van der Waals surface area contributed by atoms with E-state index >= 15 is 0 Å². The number of carbonyl (C=O) groups is 2. The zero-order valence-electron chi connectivity index (χ0n) is 12.6. The van der Waals surface area contributed by atoms with Crippen molar-refractivity contribution in [1.82, 2.24) is 0 Å². The topological polar surface area (TPSA) is 78.6 Å². The van der Waals surface area contributed by atoms with Crippen LogP contribution in [0.2, 0.25) is 0 Å². The first-order valence-corrected chi connectivity index (χ1v) is 7.17. The average molecular weight is 295 g/mol. The summed E-state index contributed by atoms with van der Waals surface area (Å²) in [6.45, 7) is 4.19. The highest BCUT2D eigenvalue weighted by atomic mass is 16.6. The van der Waals surface area contributed by atoms with Crippen molar-refractivity contribution in [1.29, 1.82) is 0 Å². The molecule has 1 amide bonds. The molecule has 2 N–H and O–H groups in total. The van der Waals surface area contributed by atoms with E-state index in [0.29, 0.717) is 6.61 Å². The van der Waals surface area contributed by atoms with Gasteiger partial charge in [0, 0.05) is 1.43 Å². The van der Waals surface area contributed by atoms with E-state index in [2.05, 4.69) is 21.6 Å². The van der Waals surface area contributed by atoms with Gasteiger partial charge in [0.15, 0.2) is 0 Å². The first-order chi connectivity index (χ1) is 10.0. The van der Waals surface area contributed by atoms with Gasteiger partial charge in [-0.15, -0.1) is 0 Å². The van der Waals surface area contributed by atoms with E-state index in [1.807, 2.05) is 32.0 Å². The second-order valence-corrected chi connectivity index (χ2v) is 5.04. The van der Waals surface area contributed by atoms with Crippen LogP contribution in [-0.4, -0.2) is 24.8 Å². The highest BCUT2D eigenvalue weighted by Crippen LogP contribution is 2.19. The number of amides is 1. The Bertz CT molecular complexity index is 453. The van der Waals surface area contributed by atoms with Gasteiger partial charge in [0.05, 0.1) is 12.5 Å². The highest BCUT2D eigenvalue weighted by Gasteiger charge is 2.34. The van der Waals surface area contributed by atoms with Gasteiger partial charge in [0.1, 0.15) is 6.10 Å². The summed E-state index contributed by atoms with van der Waals surface area (Å²) in [5, 5.41) is 0. The number of aryl methyl sites for hydroxylation is 1. The lowest BCUT2D eigenvalue weighted by Gasteiger charge is -2.28. The number of primary amides is 1. The van der Waals surface area contributed by atoms with E-state index < -0.39 is 6.09 Å². The van der Waals surface area contributed by atoms with Gasteiger partial charge < -0.3 is 15.2 Å². The summed E-state index contributed by atoms with van der Waals surface area (Å²) in [5.74, 6) is 0.0764. The lowest BCUT2D eigenvalue weighted by Crippen LogP contribution is -2.40. The maximum absolute atomic E-state index is 10.2. The molecule has 5 nitrogen and oxygen atoms in total. The largest absolute Gasteiger partial charge is 0.461 e. The fraction of sp³-hybridized carbons (Fsp3) is 0.500. The summed E-state index contributed by atoms with van der Waals surface area (Å²) in [5.41, 5.74) is 6.14. The van der Waals surface area contributed by atoms with Crippen molar-refractivity contribution in [2.45, 2.75) is 39.2 Å². The molecule has 1 aromatic rings. The summed E-state index contributed by atoms with van der Waals surface area (Å²) in [7, 11) is 0. The van der Waals surface area contributed by atoms with Crippen LogP contribution >= 0.6 is 0 Å². The van der Waals surface area contributed by atoms with Crippen LogP contribution in [0.5, 0.6) is 0 Å². The van der Waals surface area contributed by atoms with Gasteiger partial charge in [-0.25, -0.2) is 4.79 Å². The Morgan fingerprint density at radius 2 is 1.95 bits per heavy atom. The van der Waals surface area contributed by atoms with Crippen molar-refractivity contribution in [3.63, 3.8) is 0 Å². The Hall–Kier alpha value is -2.04. The molecule has 1 aliphatic heterocycles. The van der Waals surface area contributed by atoms with Crippen LogP contribution in [-0.2, 0) is 20.7 Å². The minimum atomic E-state index is -0.690. The smallest absolute Gasteiger partial charge is 0.404 e. The molecular weight excluding hydrogens is 270 g/mol. The monoisotopic (exact) mass is 295 g/mol. The van der Waals surface area contributed by atoms with Crippen molar-refractivity contribution < 1.29 is 20.5 Å². The Morgan fingerprint density at radius 3 is 2.38 bits per heavy atom. The zero-order valence-corrected chi connectivity index (χ0v) is 12.6. The van der Waals surface area contributed by atoms with Crippen LogP contribution in [0, 0.1) is 5.92 Å². The normalized spacial score (nSPS) is 19.6. The van der Waals surface area contributed by atoms with Crippen LogP contribution in [0.15, 0.2) is 30.3 Å². The van der Waals surface area contributed by atoms with Crippen molar-refractivity contribution in [2.24, 2.45) is 11.7 Å². The van der Waals surface area contributed by atoms with Crippen LogP contribution in [0.25, 0.3) is 0 Å². The minimum Gasteiger partial charge on any atom is -0.461 e. The Kier molecular flexibility index (Phi) is 7.29. The summed E-state index contributed by atoms with van der Waals surface area (Å²) < 4.78 is 9.23. The molecule has 118 valence electrons. The molecule has 0 radical (unpaired) electrons. The van der Waals surface area contributed by atoms with E-state index in [-0.39, 0.29) is 19.4 Å². The molecule has 0 aromatic heterocycles. The quantitative estimate of drug-likeness (QED) is 0.669. The predicted octanol–water partition coefficient (Wildman–Crippen LogP) is 2.92. The van der Waals surface area contributed by atoms with Crippen LogP contribution in [0.1, 0.15) is 33.7 Å². The van der Waals surface area contributed by atoms with Crippen LogP contribution in [0.3, 0.4) is 0 Å². The van der Waals surface area contributed by atoms with Crippen molar-refractivity contribution >= 4 is 12.1 Å². The third-order valence-electron chi connectivity index (χ3n) is 3.32. The number of unbranched alkanes of at least 4 members (excludes halogenated alkanes) is 1. The molecule has 5 heteroatoms. The molecule has 2 atom stereocenters. The van der Waals surface area contributed by atoms with Crippen molar-refractivity contribution in [3.05, 3.63) is 35.9 Å². The number of rotatable bonds is 5. The molecular formula is C16H25NO4. The predicted molar refractivity (Wildman–Crippen MR) is 81.7 cm³/mol. The van der Waals surface area contributed by atoms with E-state index in [0.717, 1.165) is 19.3 Å². The standard InChI is InChI=1S/C11H15NO2.C5H8O2.H2/c12-11(13)14-9-5-4-8-10-6-2-1-3-7-10;1-3-4(2)7-5(3)6;/h1-3,6-7H,4-5,8-9H2,(H2,12,13);3-4H,1-2H3;1H/t;3-,4+;/m.1./s1. The van der Waals surface area contributed by atoms with Crippen LogP contribution < -0.4 is 5.73 Å². The number of benzene rings is 1. The van der Waals surface area contributed by atoms with Gasteiger partial charge in [-0.2, -0.15) is 0 Å². The fourth-order valence-corrected chi connectivity index (χ4v) is 1.76. The Balaban J connectivity index is 0.000000465. The Labute approximate surface area is 126 Å². The van der Waals surface area contributed by atoms with Gasteiger partial charge in [-0.05, 0) is 38.7 Å². The second kappa shape index (κ2) is 9.00. The second-order valence-electron chi connectivity index (χ2n) is 5.04. The summed E-state index contributed by atoms with van der Waals surface area (Å²) >= 11 is 0. The first-order valence-electron chi connectivity index (χ1n) is 7.17. The third kappa shape index (κ3) is 6.79. The molecule has 1 saturated heterocycles. The van der Waals surface area contributed by atoms with E-state index in [1.54, 1.807) is 0 Å². The van der Waals surface area contributed by atoms with E-state index in [9.17, 15) is 9.59 Å². The summed E-state index contributed by atoms with van der Waals surface area (Å²) in [6.07, 6.45) is 2.36. The van der Waals surface area contributed by atoms with Gasteiger partial charge >= 0.3 is 12.1 Å². The van der Waals surface area contributed by atoms with Gasteiger partial charge in [0.2, 0.25) is 0 Å². The zero-order chi connectivity index (χ0) is 15.7. The number of nitrogens with two attached hydrogens (primary N) is 1. The molecule has 0 unspecified atom stereocenters. The maximum atomic E-state index is 10.2. The Morgan fingerprint density at radius 1 is 1.29 bits per heavy atom. The summed E-state index contributed by atoms with van der Waals surface area (Å²) in [6, 6.07) is 10.2. The molecule has 1 aliphatic rings. The molecule has 0 aliphatic carbocycles. The molecule has 0 spiro atoms. The number of hydrogen-bond acceptors (Lipinski definition) is 4. The lowest BCUT2D eigenvalue weighted by atomic mass is 10.0. The average Bonchev–Trinajstić information content (AvgIpc) is 2.48. The SMILES string of the molecule is C[C@@H]1OC(=O)[C@@H]1C.NC(=O)OCCCCc1ccccc1.[HH]. The van der Waals surface area contributed by atoms with Gasteiger partial charge in [-0.3, -0.25) is 4.79 Å². The molecule has 1 fully saturated rings. The molecule has 21 heavy (non-hydrogen) atoms. The lowest BCUT2D eigenvalue weighted by molar-refractivity contribution is -0.179. The number of hydrogen-bond donors (Lipinski definition) is 1. The van der Waals surface area contributed by atoms with Gasteiger partial charge in [0.25, 0.3) is 0 Å². The first kappa shape index (κ1) is 17.0. The molecule has 2 rings (SSSR count). The minimum absolute atomic E-state index is 0. The van der Waals surface area contributed by atoms with E-state index in [1.165, 1.54) is 5.56 Å². The molecule has 1 heterocycles. The van der Waals surface area contributed by atoms with E-state index in [4.69, 9.17) is 5.73 Å². The number of carbonyl (C=O) groups excluding carboxylic acids is 2. The fourth-order valence-electron chi connectivity index (χ4n) is 1.76. The number of esters is 1. The third-order valence-corrected chi connectivity index (χ3v) is 3.32. The summed E-state index contributed by atoms with van der Waals surface area (Å²) in [4.78, 5) is 20.5. The highest BCUT2D eigenvalue weighted by molar-refractivity contribution is 5.77. The van der Waals surface area contributed by atoms with Crippen LogP contribution in [0.4, 0.5) is 4.79 Å². The molecule has 0 bridgehead atoms. The maximum Gasteiger partial charge on any atom is 0.404 e. The number of cyclic esters (lactones) is 1. The van der Waals surface area contributed by atoms with Crippen molar-refractivity contribution in [3.8, 4) is 0 Å². The van der Waals surface area contributed by atoms with Crippen molar-refractivity contribution in [2.75, 3.05) is 6.61 Å². The molecule has 1 aromatic carbocycles.